The Hall–Kier alpha value is -1.59. The maximum absolute atomic E-state index is 12.4. The fourth-order valence-corrected chi connectivity index (χ4v) is 3.43. The zero-order valence-corrected chi connectivity index (χ0v) is 14.5. The molecule has 1 aromatic carbocycles. The van der Waals surface area contributed by atoms with E-state index < -0.39 is 0 Å². The molecule has 0 aliphatic heterocycles. The zero-order chi connectivity index (χ0) is 16.6. The van der Waals surface area contributed by atoms with Crippen LogP contribution < -0.4 is 0 Å². The number of aromatic hydroxyl groups is 1. The third-order valence-corrected chi connectivity index (χ3v) is 5.00. The lowest BCUT2D eigenvalue weighted by Crippen LogP contribution is -1.97. The van der Waals surface area contributed by atoms with Gasteiger partial charge < -0.3 is 5.11 Å². The van der Waals surface area contributed by atoms with Crippen LogP contribution in [0.3, 0.4) is 0 Å². The SMILES string of the molecule is O=C(c1ccc(Cl)cc1)c1ccc(-c2cc(Cl)c(O)c(Cl)n2)s1. The van der Waals surface area contributed by atoms with Crippen LogP contribution in [0.4, 0.5) is 0 Å². The Labute approximate surface area is 151 Å². The topological polar surface area (TPSA) is 50.2 Å². The Morgan fingerprint density at radius 2 is 1.74 bits per heavy atom. The van der Waals surface area contributed by atoms with E-state index in [0.29, 0.717) is 21.2 Å². The van der Waals surface area contributed by atoms with Crippen LogP contribution >= 0.6 is 46.1 Å². The van der Waals surface area contributed by atoms with Gasteiger partial charge in [0.2, 0.25) is 5.78 Å². The lowest BCUT2D eigenvalue weighted by molar-refractivity contribution is 0.104. The monoisotopic (exact) mass is 383 g/mol. The molecule has 3 nitrogen and oxygen atoms in total. The Morgan fingerprint density at radius 3 is 2.39 bits per heavy atom. The molecule has 7 heteroatoms. The van der Waals surface area contributed by atoms with Crippen molar-refractivity contribution in [3.8, 4) is 16.3 Å². The third kappa shape index (κ3) is 3.35. The van der Waals surface area contributed by atoms with Gasteiger partial charge in [-0.2, -0.15) is 0 Å². The molecular formula is C16H8Cl3NO2S. The zero-order valence-electron chi connectivity index (χ0n) is 11.4. The van der Waals surface area contributed by atoms with Crippen molar-refractivity contribution in [1.29, 1.82) is 0 Å². The van der Waals surface area contributed by atoms with E-state index in [2.05, 4.69) is 4.98 Å². The Kier molecular flexibility index (Phi) is 4.60. The fourth-order valence-electron chi connectivity index (χ4n) is 1.95. The van der Waals surface area contributed by atoms with Crippen LogP contribution in [0.25, 0.3) is 10.6 Å². The summed E-state index contributed by atoms with van der Waals surface area (Å²) in [5.74, 6) is -0.361. The number of aromatic nitrogens is 1. The number of hydrogen-bond donors (Lipinski definition) is 1. The molecule has 116 valence electrons. The molecule has 3 aromatic rings. The van der Waals surface area contributed by atoms with Gasteiger partial charge in [-0.05, 0) is 42.5 Å². The number of carbonyl (C=O) groups is 1. The van der Waals surface area contributed by atoms with Gasteiger partial charge in [0.1, 0.15) is 0 Å². The summed E-state index contributed by atoms with van der Waals surface area (Å²) >= 11 is 18.8. The molecule has 0 saturated heterocycles. The van der Waals surface area contributed by atoms with Crippen molar-refractivity contribution in [2.45, 2.75) is 0 Å². The Bertz CT molecular complexity index is 868. The molecular weight excluding hydrogens is 377 g/mol. The summed E-state index contributed by atoms with van der Waals surface area (Å²) in [6.07, 6.45) is 0. The second-order valence-corrected chi connectivity index (χ2v) is 6.91. The van der Waals surface area contributed by atoms with Crippen LogP contribution in [0.5, 0.6) is 5.75 Å². The van der Waals surface area contributed by atoms with Crippen LogP contribution in [0, 0.1) is 0 Å². The van der Waals surface area contributed by atoms with Gasteiger partial charge in [0, 0.05) is 10.6 Å². The van der Waals surface area contributed by atoms with Gasteiger partial charge in [-0.3, -0.25) is 4.79 Å². The molecule has 0 unspecified atom stereocenters. The molecule has 0 amide bonds. The molecule has 1 N–H and O–H groups in total. The van der Waals surface area contributed by atoms with Gasteiger partial charge in [-0.15, -0.1) is 11.3 Å². The maximum atomic E-state index is 12.4. The molecule has 0 fully saturated rings. The van der Waals surface area contributed by atoms with E-state index in [4.69, 9.17) is 34.8 Å². The molecule has 3 rings (SSSR count). The predicted octanol–water partition coefficient (Wildman–Crippen LogP) is 5.71. The summed E-state index contributed by atoms with van der Waals surface area (Å²) in [6, 6.07) is 11.7. The number of benzene rings is 1. The quantitative estimate of drug-likeness (QED) is 0.465. The Morgan fingerprint density at radius 1 is 1.04 bits per heavy atom. The number of nitrogens with zero attached hydrogens (tertiary/aromatic N) is 1. The first kappa shape index (κ1) is 16.3. The van der Waals surface area contributed by atoms with Crippen LogP contribution in [0.2, 0.25) is 15.2 Å². The number of ketones is 1. The molecule has 0 atom stereocenters. The minimum atomic E-state index is -0.258. The van der Waals surface area contributed by atoms with E-state index in [-0.39, 0.29) is 21.7 Å². The third-order valence-electron chi connectivity index (χ3n) is 3.09. The highest BCUT2D eigenvalue weighted by atomic mass is 35.5. The smallest absolute Gasteiger partial charge is 0.202 e. The normalized spacial score (nSPS) is 10.7. The van der Waals surface area contributed by atoms with Crippen molar-refractivity contribution in [3.63, 3.8) is 0 Å². The van der Waals surface area contributed by atoms with Crippen molar-refractivity contribution >= 4 is 51.9 Å². The van der Waals surface area contributed by atoms with Gasteiger partial charge in [0.15, 0.2) is 10.9 Å². The van der Waals surface area contributed by atoms with Crippen molar-refractivity contribution < 1.29 is 9.90 Å². The number of hydrogen-bond acceptors (Lipinski definition) is 4. The van der Waals surface area contributed by atoms with Crippen molar-refractivity contribution in [1.82, 2.24) is 4.98 Å². The van der Waals surface area contributed by atoms with Gasteiger partial charge in [-0.1, -0.05) is 34.8 Å². The summed E-state index contributed by atoms with van der Waals surface area (Å²) in [5.41, 5.74) is 1.05. The van der Waals surface area contributed by atoms with E-state index in [0.717, 1.165) is 4.88 Å². The molecule has 0 radical (unpaired) electrons. The summed E-state index contributed by atoms with van der Waals surface area (Å²) in [4.78, 5) is 17.8. The van der Waals surface area contributed by atoms with E-state index in [1.165, 1.54) is 17.4 Å². The van der Waals surface area contributed by atoms with E-state index in [9.17, 15) is 9.90 Å². The first-order valence-corrected chi connectivity index (χ1v) is 8.36. The summed E-state index contributed by atoms with van der Waals surface area (Å²) in [5, 5.41) is 10.2. The van der Waals surface area contributed by atoms with Crippen molar-refractivity contribution in [3.05, 3.63) is 68.1 Å². The molecule has 0 saturated carbocycles. The number of pyridine rings is 1. The largest absolute Gasteiger partial charge is 0.504 e. The average molecular weight is 385 g/mol. The number of thiophene rings is 1. The minimum Gasteiger partial charge on any atom is -0.504 e. The molecule has 2 heterocycles. The van der Waals surface area contributed by atoms with Gasteiger partial charge in [0.25, 0.3) is 0 Å². The standard InChI is InChI=1S/C16H8Cl3NO2S/c17-9-3-1-8(2-4-9)14(21)13-6-5-12(23-13)11-7-10(18)15(22)16(19)20-11/h1-7,22H. The molecule has 2 aromatic heterocycles. The van der Waals surface area contributed by atoms with Gasteiger partial charge >= 0.3 is 0 Å². The second kappa shape index (κ2) is 6.49. The van der Waals surface area contributed by atoms with Crippen molar-refractivity contribution in [2.24, 2.45) is 0 Å². The minimum absolute atomic E-state index is 0.0773. The van der Waals surface area contributed by atoms with Crippen LogP contribution in [0.1, 0.15) is 15.2 Å². The maximum Gasteiger partial charge on any atom is 0.202 e. The fraction of sp³-hybridized carbons (Fsp3) is 0. The van der Waals surface area contributed by atoms with Crippen molar-refractivity contribution in [2.75, 3.05) is 0 Å². The van der Waals surface area contributed by atoms with Gasteiger partial charge in [-0.25, -0.2) is 4.98 Å². The second-order valence-electron chi connectivity index (χ2n) is 4.63. The average Bonchev–Trinajstić information content (AvgIpc) is 3.02. The highest BCUT2D eigenvalue weighted by molar-refractivity contribution is 7.17. The van der Waals surface area contributed by atoms with Gasteiger partial charge in [0.05, 0.1) is 20.5 Å². The molecule has 0 spiro atoms. The molecule has 23 heavy (non-hydrogen) atoms. The van der Waals surface area contributed by atoms with E-state index >= 15 is 0 Å². The predicted molar refractivity (Wildman–Crippen MR) is 94.1 cm³/mol. The number of carbonyl (C=O) groups excluding carboxylic acids is 1. The first-order chi connectivity index (χ1) is 11.0. The highest BCUT2D eigenvalue weighted by Gasteiger charge is 2.15. The van der Waals surface area contributed by atoms with Crippen LogP contribution in [-0.4, -0.2) is 15.9 Å². The Balaban J connectivity index is 1.94. The lowest BCUT2D eigenvalue weighted by atomic mass is 10.1. The summed E-state index contributed by atoms with van der Waals surface area (Å²) in [6.45, 7) is 0. The number of halogens is 3. The summed E-state index contributed by atoms with van der Waals surface area (Å²) < 4.78 is 0. The number of rotatable bonds is 3. The summed E-state index contributed by atoms with van der Waals surface area (Å²) in [7, 11) is 0. The van der Waals surface area contributed by atoms with E-state index in [1.807, 2.05) is 0 Å². The van der Waals surface area contributed by atoms with Crippen LogP contribution in [-0.2, 0) is 0 Å². The highest BCUT2D eigenvalue weighted by Crippen LogP contribution is 2.36. The van der Waals surface area contributed by atoms with E-state index in [1.54, 1.807) is 36.4 Å². The molecule has 0 aliphatic carbocycles. The first-order valence-electron chi connectivity index (χ1n) is 6.41. The molecule has 0 bridgehead atoms. The molecule has 0 aliphatic rings. The van der Waals surface area contributed by atoms with Crippen LogP contribution in [0.15, 0.2) is 42.5 Å². The lowest BCUT2D eigenvalue weighted by Gasteiger charge is -2.02.